The number of hydrogen-bond donors (Lipinski definition) is 2. The van der Waals surface area contributed by atoms with E-state index in [2.05, 4.69) is 16.0 Å². The molecule has 0 amide bonds. The van der Waals surface area contributed by atoms with Gasteiger partial charge in [0.25, 0.3) is 0 Å². The minimum absolute atomic E-state index is 0.125. The summed E-state index contributed by atoms with van der Waals surface area (Å²) in [5.41, 5.74) is 1.70. The second-order valence-electron chi connectivity index (χ2n) is 5.73. The predicted molar refractivity (Wildman–Crippen MR) is 83.2 cm³/mol. The van der Waals surface area contributed by atoms with E-state index < -0.39 is 5.97 Å². The van der Waals surface area contributed by atoms with E-state index in [4.69, 9.17) is 9.84 Å². The molecule has 2 N–H and O–H groups in total. The average molecular weight is 311 g/mol. The van der Waals surface area contributed by atoms with Gasteiger partial charge in [-0.1, -0.05) is 12.8 Å². The summed E-state index contributed by atoms with van der Waals surface area (Å²) in [7, 11) is 0. The molecular weight excluding hydrogens is 294 g/mol. The summed E-state index contributed by atoms with van der Waals surface area (Å²) in [5.74, 6) is -0.0959. The van der Waals surface area contributed by atoms with Crippen LogP contribution in [0.25, 0.3) is 11.3 Å². The first kappa shape index (κ1) is 15.1. The molecule has 0 aliphatic heterocycles. The molecule has 6 nitrogen and oxygen atoms in total. The predicted octanol–water partition coefficient (Wildman–Crippen LogP) is 3.22. The molecule has 2 aromatic rings. The monoisotopic (exact) mass is 311 g/mol. The van der Waals surface area contributed by atoms with Crippen LogP contribution in [0.3, 0.4) is 0 Å². The quantitative estimate of drug-likeness (QED) is 0.883. The number of rotatable bonds is 5. The highest BCUT2D eigenvalue weighted by Gasteiger charge is 2.17. The van der Waals surface area contributed by atoms with Gasteiger partial charge in [-0.05, 0) is 37.0 Å². The van der Waals surface area contributed by atoms with Gasteiger partial charge in [-0.2, -0.15) is 5.26 Å². The molecule has 23 heavy (non-hydrogen) atoms. The van der Waals surface area contributed by atoms with Crippen molar-refractivity contribution in [1.29, 1.82) is 5.26 Å². The van der Waals surface area contributed by atoms with Crippen molar-refractivity contribution in [2.24, 2.45) is 5.92 Å². The molecule has 3 rings (SSSR count). The summed E-state index contributed by atoms with van der Waals surface area (Å²) in [5, 5.41) is 18.2. The number of carboxylic acids is 1. The highest BCUT2D eigenvalue weighted by atomic mass is 16.5. The van der Waals surface area contributed by atoms with Crippen LogP contribution in [-0.4, -0.2) is 27.7 Å². The molecule has 0 saturated heterocycles. The number of ether oxygens (including phenoxy) is 1. The molecule has 0 spiro atoms. The standard InChI is InChI=1S/C17H17N3O3/c18-8-13-7-12(14-9-19-16(20-14)17(21)22)5-6-15(13)23-10-11-3-1-2-4-11/h5-7,9,11H,1-4,10H2,(H,19,20)(H,21,22). The largest absolute Gasteiger partial charge is 0.492 e. The van der Waals surface area contributed by atoms with Crippen LogP contribution in [0.5, 0.6) is 5.75 Å². The van der Waals surface area contributed by atoms with Gasteiger partial charge in [-0.25, -0.2) is 9.78 Å². The Balaban J connectivity index is 1.78. The van der Waals surface area contributed by atoms with Gasteiger partial charge in [0, 0.05) is 5.56 Å². The lowest BCUT2D eigenvalue weighted by molar-refractivity contribution is 0.0685. The zero-order chi connectivity index (χ0) is 16.2. The lowest BCUT2D eigenvalue weighted by atomic mass is 10.1. The second kappa shape index (κ2) is 6.53. The number of carboxylic acid groups (broad SMARTS) is 1. The van der Waals surface area contributed by atoms with Crippen LogP contribution < -0.4 is 4.74 Å². The van der Waals surface area contributed by atoms with Crippen LogP contribution in [0.15, 0.2) is 24.4 Å². The lowest BCUT2D eigenvalue weighted by Crippen LogP contribution is -2.08. The molecule has 0 radical (unpaired) electrons. The summed E-state index contributed by atoms with van der Waals surface area (Å²) >= 11 is 0. The summed E-state index contributed by atoms with van der Waals surface area (Å²) in [6.07, 6.45) is 6.32. The Morgan fingerprint density at radius 3 is 2.87 bits per heavy atom. The Morgan fingerprint density at radius 2 is 2.22 bits per heavy atom. The second-order valence-corrected chi connectivity index (χ2v) is 5.73. The number of nitrogens with zero attached hydrogens (tertiary/aromatic N) is 2. The topological polar surface area (TPSA) is 99.0 Å². The van der Waals surface area contributed by atoms with Crippen molar-refractivity contribution in [3.63, 3.8) is 0 Å². The van der Waals surface area contributed by atoms with E-state index >= 15 is 0 Å². The molecule has 1 aliphatic rings. The molecule has 1 saturated carbocycles. The number of imidazole rings is 1. The number of benzene rings is 1. The first-order valence-electron chi connectivity index (χ1n) is 7.63. The Morgan fingerprint density at radius 1 is 1.43 bits per heavy atom. The molecule has 0 unspecified atom stereocenters. The molecule has 6 heteroatoms. The van der Waals surface area contributed by atoms with Crippen molar-refractivity contribution in [1.82, 2.24) is 9.97 Å². The average Bonchev–Trinajstić information content (AvgIpc) is 3.24. The zero-order valence-electron chi connectivity index (χ0n) is 12.6. The number of hydrogen-bond acceptors (Lipinski definition) is 4. The first-order valence-corrected chi connectivity index (χ1v) is 7.63. The summed E-state index contributed by atoms with van der Waals surface area (Å²) in [6.45, 7) is 0.640. The normalized spacial score (nSPS) is 14.6. The van der Waals surface area contributed by atoms with Crippen molar-refractivity contribution < 1.29 is 14.6 Å². The maximum absolute atomic E-state index is 10.9. The van der Waals surface area contributed by atoms with Gasteiger partial charge < -0.3 is 14.8 Å². The molecule has 0 bridgehead atoms. The van der Waals surface area contributed by atoms with E-state index in [1.165, 1.54) is 31.9 Å². The van der Waals surface area contributed by atoms with E-state index in [0.29, 0.717) is 35.1 Å². The van der Waals surface area contributed by atoms with E-state index in [0.717, 1.165) is 0 Å². The molecule has 1 fully saturated rings. The van der Waals surface area contributed by atoms with Crippen LogP contribution in [-0.2, 0) is 0 Å². The van der Waals surface area contributed by atoms with Crippen LogP contribution in [0.1, 0.15) is 41.9 Å². The maximum Gasteiger partial charge on any atom is 0.371 e. The molecule has 1 aliphatic carbocycles. The number of nitrogens with one attached hydrogen (secondary N) is 1. The smallest absolute Gasteiger partial charge is 0.371 e. The molecular formula is C17H17N3O3. The third-order valence-electron chi connectivity index (χ3n) is 4.14. The van der Waals surface area contributed by atoms with Crippen LogP contribution in [0, 0.1) is 17.2 Å². The highest BCUT2D eigenvalue weighted by Crippen LogP contribution is 2.29. The van der Waals surface area contributed by atoms with Gasteiger partial charge in [-0.3, -0.25) is 0 Å². The molecule has 118 valence electrons. The van der Waals surface area contributed by atoms with Gasteiger partial charge in [0.05, 0.1) is 24.1 Å². The van der Waals surface area contributed by atoms with Gasteiger partial charge in [0.1, 0.15) is 11.8 Å². The Bertz CT molecular complexity index is 755. The molecule has 0 atom stereocenters. The molecule has 1 aromatic carbocycles. The number of nitriles is 1. The van der Waals surface area contributed by atoms with E-state index in [1.807, 2.05) is 0 Å². The fourth-order valence-electron chi connectivity index (χ4n) is 2.87. The number of aromatic carboxylic acids is 1. The number of H-pyrrole nitrogens is 1. The molecule has 1 aromatic heterocycles. The lowest BCUT2D eigenvalue weighted by Gasteiger charge is -2.13. The minimum Gasteiger partial charge on any atom is -0.492 e. The van der Waals surface area contributed by atoms with Gasteiger partial charge in [-0.15, -0.1) is 0 Å². The zero-order valence-corrected chi connectivity index (χ0v) is 12.6. The molecule has 1 heterocycles. The van der Waals surface area contributed by atoms with Gasteiger partial charge >= 0.3 is 5.97 Å². The number of aromatic amines is 1. The van der Waals surface area contributed by atoms with Crippen molar-refractivity contribution in [2.75, 3.05) is 6.61 Å². The Hall–Kier alpha value is -2.81. The SMILES string of the molecule is N#Cc1cc(-c2cnc(C(=O)O)[nH]2)ccc1OCC1CCCC1. The third-order valence-corrected chi connectivity index (χ3v) is 4.14. The van der Waals surface area contributed by atoms with E-state index in [1.54, 1.807) is 18.2 Å². The van der Waals surface area contributed by atoms with Crippen molar-refractivity contribution in [3.05, 3.63) is 35.8 Å². The summed E-state index contributed by atoms with van der Waals surface area (Å²) in [4.78, 5) is 17.4. The van der Waals surface area contributed by atoms with E-state index in [-0.39, 0.29) is 5.82 Å². The van der Waals surface area contributed by atoms with Crippen molar-refractivity contribution in [3.8, 4) is 23.1 Å². The fourth-order valence-corrected chi connectivity index (χ4v) is 2.87. The minimum atomic E-state index is -1.12. The van der Waals surface area contributed by atoms with Crippen LogP contribution in [0.4, 0.5) is 0 Å². The van der Waals surface area contributed by atoms with Gasteiger partial charge in [0.2, 0.25) is 5.82 Å². The number of aromatic nitrogens is 2. The first-order chi connectivity index (χ1) is 11.2. The van der Waals surface area contributed by atoms with Crippen molar-refractivity contribution in [2.45, 2.75) is 25.7 Å². The maximum atomic E-state index is 10.9. The van der Waals surface area contributed by atoms with Crippen molar-refractivity contribution >= 4 is 5.97 Å². The van der Waals surface area contributed by atoms with E-state index in [9.17, 15) is 10.1 Å². The third kappa shape index (κ3) is 3.34. The van der Waals surface area contributed by atoms with Gasteiger partial charge in [0.15, 0.2) is 0 Å². The highest BCUT2D eigenvalue weighted by molar-refractivity contribution is 5.84. The Labute approximate surface area is 133 Å². The Kier molecular flexibility index (Phi) is 4.29. The fraction of sp³-hybridized carbons (Fsp3) is 0.353. The summed E-state index contributed by atoms with van der Waals surface area (Å²) in [6, 6.07) is 7.37. The van der Waals surface area contributed by atoms with Crippen LogP contribution in [0.2, 0.25) is 0 Å². The summed E-state index contributed by atoms with van der Waals surface area (Å²) < 4.78 is 5.80. The van der Waals surface area contributed by atoms with Crippen LogP contribution >= 0.6 is 0 Å². The number of carbonyl (C=O) groups is 1.